The van der Waals surface area contributed by atoms with Crippen LogP contribution in [0.3, 0.4) is 0 Å². The van der Waals surface area contributed by atoms with E-state index in [1.807, 2.05) is 19.9 Å². The molecule has 3 aliphatic heterocycles. The third kappa shape index (κ3) is 5.21. The molecule has 3 aliphatic rings. The molecule has 3 fully saturated rings. The minimum absolute atomic E-state index is 0.00107. The van der Waals surface area contributed by atoms with Crippen molar-refractivity contribution < 1.29 is 33.8 Å². The second-order valence-corrected chi connectivity index (χ2v) is 13.6. The van der Waals surface area contributed by atoms with Gasteiger partial charge in [0.05, 0.1) is 21.4 Å². The third-order valence-corrected chi connectivity index (χ3v) is 10.4. The maximum atomic E-state index is 17.0. The van der Waals surface area contributed by atoms with E-state index < -0.39 is 52.5 Å². The molecule has 2 aromatic carbocycles. The monoisotopic (exact) mass is 677 g/mol. The lowest BCUT2D eigenvalue weighted by Crippen LogP contribution is -2.54. The Labute approximate surface area is 272 Å². The summed E-state index contributed by atoms with van der Waals surface area (Å²) in [5.41, 5.74) is 1.43. The van der Waals surface area contributed by atoms with Gasteiger partial charge in [0.2, 0.25) is 0 Å². The molecule has 0 amide bonds. The van der Waals surface area contributed by atoms with Gasteiger partial charge < -0.3 is 20.7 Å². The molecule has 0 unspecified atom stereocenters. The number of benzene rings is 2. The van der Waals surface area contributed by atoms with Gasteiger partial charge in [-0.25, -0.2) is 13.2 Å². The molecule has 3 saturated heterocycles. The first-order valence-corrected chi connectivity index (χ1v) is 15.9. The van der Waals surface area contributed by atoms with Gasteiger partial charge in [-0.3, -0.25) is 4.90 Å². The summed E-state index contributed by atoms with van der Waals surface area (Å²) in [6.45, 7) is 4.25. The molecule has 7 rings (SSSR count). The van der Waals surface area contributed by atoms with Crippen LogP contribution in [0.1, 0.15) is 46.9 Å². The minimum Gasteiger partial charge on any atom is -0.461 e. The molecule has 4 atom stereocenters. The number of thiophene rings is 1. The lowest BCUT2D eigenvalue weighted by molar-refractivity contribution is -0.137. The van der Waals surface area contributed by atoms with E-state index >= 15 is 4.39 Å². The van der Waals surface area contributed by atoms with Crippen molar-refractivity contribution in [3.8, 4) is 23.2 Å². The minimum atomic E-state index is -5.11. The molecular weight excluding hydrogens is 644 g/mol. The number of fused-ring (bicyclic) bond motifs is 3. The fourth-order valence-corrected chi connectivity index (χ4v) is 8.01. The Morgan fingerprint density at radius 3 is 2.79 bits per heavy atom. The summed E-state index contributed by atoms with van der Waals surface area (Å²) in [7, 11) is 0. The van der Waals surface area contributed by atoms with Crippen LogP contribution in [-0.4, -0.2) is 71.4 Å². The van der Waals surface area contributed by atoms with Crippen molar-refractivity contribution in [3.63, 3.8) is 0 Å². The number of nitrogen functional groups attached to an aromatic ring is 1. The smallest absolute Gasteiger partial charge is 0.417 e. The van der Waals surface area contributed by atoms with Crippen LogP contribution in [0, 0.1) is 23.0 Å². The summed E-state index contributed by atoms with van der Waals surface area (Å²) in [6.07, 6.45) is -7.95. The van der Waals surface area contributed by atoms with Crippen LogP contribution in [0.5, 0.6) is 6.01 Å². The van der Waals surface area contributed by atoms with Crippen molar-refractivity contribution in [2.75, 3.05) is 43.4 Å². The molecule has 0 aliphatic carbocycles. The molecular formula is C32H31F6N7OS. The number of aromatic nitrogens is 2. The largest absolute Gasteiger partial charge is 0.461 e. The molecule has 248 valence electrons. The Balaban J connectivity index is 1.46. The fraction of sp³-hybridized carbons (Fsp3) is 0.469. The number of nitrogens with two attached hydrogens (primary N) is 1. The number of alkyl halides is 4. The first-order valence-electron chi connectivity index (χ1n) is 16.1. The topological polar surface area (TPSA) is 103 Å². The molecule has 47 heavy (non-hydrogen) atoms. The number of anilines is 2. The van der Waals surface area contributed by atoms with E-state index in [4.69, 9.17) is 13.2 Å². The Bertz CT molecular complexity index is 2040. The number of nitriles is 1. The van der Waals surface area contributed by atoms with Gasteiger partial charge in [-0.05, 0) is 50.9 Å². The maximum Gasteiger partial charge on any atom is 0.417 e. The molecule has 8 nitrogen and oxygen atoms in total. The number of halogens is 6. The summed E-state index contributed by atoms with van der Waals surface area (Å²) in [5, 5.41) is 12.5. The van der Waals surface area contributed by atoms with Gasteiger partial charge in [0, 0.05) is 57.2 Å². The molecule has 0 saturated carbocycles. The summed E-state index contributed by atoms with van der Waals surface area (Å²) >= 11 is 0.672. The average Bonchev–Trinajstić information content (AvgIpc) is 3.60. The molecule has 15 heteroatoms. The van der Waals surface area contributed by atoms with Gasteiger partial charge in [0.15, 0.2) is 5.82 Å². The van der Waals surface area contributed by atoms with Crippen LogP contribution in [0.15, 0.2) is 18.2 Å². The predicted molar refractivity (Wildman–Crippen MR) is 167 cm³/mol. The molecule has 2 aromatic heterocycles. The van der Waals surface area contributed by atoms with Gasteiger partial charge >= 0.3 is 12.2 Å². The molecule has 0 radical (unpaired) electrons. The summed E-state index contributed by atoms with van der Waals surface area (Å²) in [6, 6.07) is 3.68. The van der Waals surface area contributed by atoms with Crippen molar-refractivity contribution in [2.45, 2.75) is 63.0 Å². The van der Waals surface area contributed by atoms with Crippen LogP contribution in [0.4, 0.5) is 37.2 Å². The first kappa shape index (κ1) is 29.3. The number of piperazine rings is 1. The number of nitrogens with zero attached hydrogens (tertiary/aromatic N) is 5. The zero-order chi connectivity index (χ0) is 35.2. The maximum absolute atomic E-state index is 17.0. The normalized spacial score (nSPS) is 26.8. The second-order valence-electron chi connectivity index (χ2n) is 12.5. The highest BCUT2D eigenvalue weighted by molar-refractivity contribution is 7.23. The average molecular weight is 678 g/mol. The number of hydrogen-bond acceptors (Lipinski definition) is 9. The predicted octanol–water partition coefficient (Wildman–Crippen LogP) is 6.40. The number of nitrogens with one attached hydrogen (secondary N) is 1. The van der Waals surface area contributed by atoms with Crippen molar-refractivity contribution in [3.05, 3.63) is 41.0 Å². The lowest BCUT2D eigenvalue weighted by Gasteiger charge is -2.39. The van der Waals surface area contributed by atoms with Crippen LogP contribution in [0.25, 0.3) is 32.1 Å². The standard InChI is InChI=1S/C32H31F6N7OS/c1-15-12-45(16(2)11-41-15)29-19-8-21(32(36,37)38)24(18-4-5-22(34)27-23(18)20(10-39)28(40)47-27)25(35)26(19)42-30(43-29)46-14-31-6-3-7-44(31)13-17(33)9-31/h4-5,8,15-17,41H,3,6-7,9,11-14,40H2,1-2H3/t15-,16+,17-,31+/m1/s1/i3D2. The van der Waals surface area contributed by atoms with E-state index in [2.05, 4.69) is 15.3 Å². The Morgan fingerprint density at radius 2 is 2.04 bits per heavy atom. The number of rotatable bonds is 5. The third-order valence-electron chi connectivity index (χ3n) is 9.35. The quantitative estimate of drug-likeness (QED) is 0.234. The SMILES string of the molecule is [2H]C1([2H])CN2C[C@H](F)C[C@]2(COc2nc(N3C[C@@H](C)NC[C@@H]3C)c3cc(C(F)(F)F)c(-c4ccc(F)c5sc(N)c(C#N)c45)c(F)c3n2)C1. The molecule has 0 spiro atoms. The molecule has 5 heterocycles. The fourth-order valence-electron chi connectivity index (χ4n) is 7.07. The zero-order valence-electron chi connectivity index (χ0n) is 27.3. The second kappa shape index (κ2) is 11.4. The highest BCUT2D eigenvalue weighted by Gasteiger charge is 2.49. The van der Waals surface area contributed by atoms with Crippen LogP contribution >= 0.6 is 11.3 Å². The number of hydrogen-bond donors (Lipinski definition) is 2. The lowest BCUT2D eigenvalue weighted by atomic mass is 9.92. The molecule has 3 N–H and O–H groups in total. The van der Waals surface area contributed by atoms with Crippen molar-refractivity contribution >= 4 is 43.1 Å². The van der Waals surface area contributed by atoms with E-state index in [-0.39, 0.29) is 88.1 Å². The highest BCUT2D eigenvalue weighted by atomic mass is 32.1. The highest BCUT2D eigenvalue weighted by Crippen LogP contribution is 2.48. The first-order chi connectivity index (χ1) is 23.0. The van der Waals surface area contributed by atoms with Gasteiger partial charge in [-0.15, -0.1) is 11.3 Å². The van der Waals surface area contributed by atoms with Crippen LogP contribution in [0.2, 0.25) is 0 Å². The summed E-state index contributed by atoms with van der Waals surface area (Å²) in [4.78, 5) is 12.2. The summed E-state index contributed by atoms with van der Waals surface area (Å²) < 4.78 is 114. The van der Waals surface area contributed by atoms with E-state index in [0.29, 0.717) is 24.4 Å². The Kier molecular flexibility index (Phi) is 7.09. The van der Waals surface area contributed by atoms with E-state index in [1.54, 1.807) is 9.80 Å². The summed E-state index contributed by atoms with van der Waals surface area (Å²) in [5.74, 6) is -2.23. The molecule has 4 aromatic rings. The van der Waals surface area contributed by atoms with Crippen molar-refractivity contribution in [1.82, 2.24) is 20.2 Å². The van der Waals surface area contributed by atoms with Crippen molar-refractivity contribution in [2.24, 2.45) is 0 Å². The van der Waals surface area contributed by atoms with Crippen LogP contribution in [-0.2, 0) is 6.18 Å². The molecule has 0 bridgehead atoms. The zero-order valence-corrected chi connectivity index (χ0v) is 26.1. The van der Waals surface area contributed by atoms with Gasteiger partial charge in [0.1, 0.15) is 41.0 Å². The van der Waals surface area contributed by atoms with Gasteiger partial charge in [0.25, 0.3) is 0 Å². The Hall–Kier alpha value is -3.87. The van der Waals surface area contributed by atoms with E-state index in [9.17, 15) is 27.2 Å². The van der Waals surface area contributed by atoms with Crippen LogP contribution < -0.4 is 20.7 Å². The van der Waals surface area contributed by atoms with E-state index in [0.717, 1.165) is 18.2 Å². The van der Waals surface area contributed by atoms with E-state index in [1.165, 1.54) is 0 Å². The van der Waals surface area contributed by atoms with Gasteiger partial charge in [-0.1, -0.05) is 6.07 Å². The van der Waals surface area contributed by atoms with Crippen molar-refractivity contribution in [1.29, 1.82) is 5.26 Å². The van der Waals surface area contributed by atoms with Gasteiger partial charge in [-0.2, -0.15) is 28.4 Å². The number of ether oxygens (including phenoxy) is 1. The Morgan fingerprint density at radius 1 is 1.26 bits per heavy atom.